The fraction of sp³-hybridized carbons (Fsp3) is 0.303. The zero-order chi connectivity index (χ0) is 32.7. The minimum absolute atomic E-state index is 0.00195. The van der Waals surface area contributed by atoms with E-state index in [2.05, 4.69) is 16.0 Å². The first-order valence-electron chi connectivity index (χ1n) is 14.8. The van der Waals surface area contributed by atoms with Gasteiger partial charge in [-0.3, -0.25) is 19.0 Å². The van der Waals surface area contributed by atoms with Gasteiger partial charge in [0.05, 0.1) is 23.5 Å². The molecule has 0 saturated carbocycles. The first-order valence-corrected chi connectivity index (χ1v) is 15.2. The summed E-state index contributed by atoms with van der Waals surface area (Å²) in [6.07, 6.45) is 4.06. The maximum Gasteiger partial charge on any atom is 0.330 e. The SMILES string of the molecule is COc1nc(-c2cccc(-c3cccc(NC(=O)c4cn(C)c(=O)n(C)c4=O)c3Cl)c2F)cc2c1[C@@H](NC[C@@H]1CCC(=O)N1)CC2. The molecule has 1 aliphatic heterocycles. The zero-order valence-corrected chi connectivity index (χ0v) is 26.2. The first-order chi connectivity index (χ1) is 22.1. The number of anilines is 1. The average Bonchev–Trinajstić information content (AvgIpc) is 3.66. The highest BCUT2D eigenvalue weighted by atomic mass is 35.5. The van der Waals surface area contributed by atoms with Gasteiger partial charge >= 0.3 is 5.69 Å². The second kappa shape index (κ2) is 12.5. The van der Waals surface area contributed by atoms with Gasteiger partial charge in [-0.15, -0.1) is 0 Å². The van der Waals surface area contributed by atoms with E-state index in [9.17, 15) is 19.2 Å². The molecule has 46 heavy (non-hydrogen) atoms. The van der Waals surface area contributed by atoms with Crippen LogP contribution >= 0.6 is 11.6 Å². The molecule has 1 aliphatic carbocycles. The smallest absolute Gasteiger partial charge is 0.330 e. The van der Waals surface area contributed by atoms with E-state index in [4.69, 9.17) is 21.3 Å². The summed E-state index contributed by atoms with van der Waals surface area (Å²) in [6.45, 7) is 0.638. The van der Waals surface area contributed by atoms with Crippen molar-refractivity contribution in [1.82, 2.24) is 24.8 Å². The number of aromatic nitrogens is 3. The Morgan fingerprint density at radius 3 is 2.57 bits per heavy atom. The molecule has 2 atom stereocenters. The van der Waals surface area contributed by atoms with Gasteiger partial charge < -0.3 is 25.3 Å². The summed E-state index contributed by atoms with van der Waals surface area (Å²) in [5, 5.41) is 9.20. The van der Waals surface area contributed by atoms with E-state index in [-0.39, 0.29) is 45.4 Å². The van der Waals surface area contributed by atoms with Crippen molar-refractivity contribution in [3.63, 3.8) is 0 Å². The van der Waals surface area contributed by atoms with Crippen molar-refractivity contribution in [3.05, 3.63) is 97.0 Å². The van der Waals surface area contributed by atoms with Crippen LogP contribution in [-0.2, 0) is 25.3 Å². The van der Waals surface area contributed by atoms with Crippen molar-refractivity contribution in [2.24, 2.45) is 14.1 Å². The highest BCUT2D eigenvalue weighted by molar-refractivity contribution is 6.36. The van der Waals surface area contributed by atoms with Crippen molar-refractivity contribution in [2.75, 3.05) is 19.0 Å². The van der Waals surface area contributed by atoms with E-state index in [0.717, 1.165) is 45.7 Å². The highest BCUT2D eigenvalue weighted by Crippen LogP contribution is 2.42. The predicted molar refractivity (Wildman–Crippen MR) is 172 cm³/mol. The van der Waals surface area contributed by atoms with Crippen LogP contribution in [0.3, 0.4) is 0 Å². The minimum Gasteiger partial charge on any atom is -0.481 e. The summed E-state index contributed by atoms with van der Waals surface area (Å²) < 4.78 is 24.0. The second-order valence-electron chi connectivity index (χ2n) is 11.5. The number of carbonyl (C=O) groups excluding carboxylic acids is 2. The average molecular weight is 647 g/mol. The molecule has 11 nitrogen and oxygen atoms in total. The molecule has 2 aromatic heterocycles. The molecule has 3 N–H and O–H groups in total. The number of nitrogens with one attached hydrogen (secondary N) is 3. The number of hydrogen-bond acceptors (Lipinski definition) is 7. The number of ether oxygens (including phenoxy) is 1. The third kappa shape index (κ3) is 5.69. The molecule has 0 bridgehead atoms. The third-order valence-corrected chi connectivity index (χ3v) is 8.96. The Kier molecular flexibility index (Phi) is 8.49. The number of benzene rings is 2. The summed E-state index contributed by atoms with van der Waals surface area (Å²) in [6, 6.07) is 11.7. The van der Waals surface area contributed by atoms with Gasteiger partial charge in [-0.1, -0.05) is 35.9 Å². The van der Waals surface area contributed by atoms with E-state index in [1.807, 2.05) is 6.07 Å². The Hall–Kier alpha value is -4.81. The molecule has 0 radical (unpaired) electrons. The molecule has 1 fully saturated rings. The molecule has 6 rings (SSSR count). The molecule has 0 unspecified atom stereocenters. The number of hydrogen-bond donors (Lipinski definition) is 3. The molecule has 2 aliphatic rings. The lowest BCUT2D eigenvalue weighted by atomic mass is 9.98. The van der Waals surface area contributed by atoms with Crippen LogP contribution in [0.1, 0.15) is 46.8 Å². The van der Waals surface area contributed by atoms with E-state index >= 15 is 4.39 Å². The largest absolute Gasteiger partial charge is 0.481 e. The molecular formula is C33H32ClFN6O5. The highest BCUT2D eigenvalue weighted by Gasteiger charge is 2.30. The number of nitrogens with zero attached hydrogens (tertiary/aromatic N) is 3. The van der Waals surface area contributed by atoms with Crippen molar-refractivity contribution < 1.29 is 18.7 Å². The van der Waals surface area contributed by atoms with E-state index in [0.29, 0.717) is 30.1 Å². The van der Waals surface area contributed by atoms with Crippen LogP contribution in [0.15, 0.2) is 58.3 Å². The summed E-state index contributed by atoms with van der Waals surface area (Å²) in [5.74, 6) is -0.841. The summed E-state index contributed by atoms with van der Waals surface area (Å²) >= 11 is 6.71. The Morgan fingerprint density at radius 2 is 1.83 bits per heavy atom. The molecule has 2 aromatic carbocycles. The Labute approximate surface area is 268 Å². The standard InChI is InChI=1S/C33H32ClFN6O5/c1-40-16-22(32(44)41(2)33(40)45)30(43)38-24-9-5-6-19(28(24)34)20-7-4-8-21(29(20)35)25-14-17-10-12-23(27(17)31(39-25)46-3)36-15-18-11-13-26(42)37-18/h4-9,14,16,18,23,36H,10-13,15H2,1-3H3,(H,37,42)(H,38,43)/t18-,23-/m0/s1. The molecule has 13 heteroatoms. The summed E-state index contributed by atoms with van der Waals surface area (Å²) in [5.41, 5.74) is 1.70. The van der Waals surface area contributed by atoms with Gasteiger partial charge in [-0.25, -0.2) is 14.2 Å². The van der Waals surface area contributed by atoms with Crippen molar-refractivity contribution in [2.45, 2.75) is 37.8 Å². The fourth-order valence-corrected chi connectivity index (χ4v) is 6.42. The number of halogens is 2. The van der Waals surface area contributed by atoms with Crippen LogP contribution in [0.5, 0.6) is 5.88 Å². The lowest BCUT2D eigenvalue weighted by Gasteiger charge is -2.19. The summed E-state index contributed by atoms with van der Waals surface area (Å²) in [4.78, 5) is 53.9. The molecule has 3 heterocycles. The monoisotopic (exact) mass is 646 g/mol. The number of methoxy groups -OCH3 is 1. The lowest BCUT2D eigenvalue weighted by molar-refractivity contribution is -0.119. The summed E-state index contributed by atoms with van der Waals surface area (Å²) in [7, 11) is 4.25. The number of fused-ring (bicyclic) bond motifs is 1. The normalized spacial score (nSPS) is 17.1. The van der Waals surface area contributed by atoms with Crippen LogP contribution in [0.2, 0.25) is 5.02 Å². The van der Waals surface area contributed by atoms with Crippen LogP contribution in [-0.4, -0.2) is 45.6 Å². The number of pyridine rings is 1. The van der Waals surface area contributed by atoms with Gasteiger partial charge in [0.25, 0.3) is 11.5 Å². The Bertz CT molecular complexity index is 2010. The van der Waals surface area contributed by atoms with Gasteiger partial charge in [0.2, 0.25) is 11.8 Å². The number of aryl methyl sites for hydroxylation is 2. The Balaban J connectivity index is 1.29. The maximum atomic E-state index is 16.3. The maximum absolute atomic E-state index is 16.3. The number of carbonyl (C=O) groups is 2. The quantitative estimate of drug-likeness (QED) is 0.265. The molecule has 2 amide bonds. The van der Waals surface area contributed by atoms with Crippen LogP contribution in [0.4, 0.5) is 10.1 Å². The lowest BCUT2D eigenvalue weighted by Crippen LogP contribution is -2.40. The van der Waals surface area contributed by atoms with Crippen LogP contribution < -0.4 is 31.9 Å². The first kappa shape index (κ1) is 31.2. The molecular weight excluding hydrogens is 615 g/mol. The van der Waals surface area contributed by atoms with Crippen LogP contribution in [0, 0.1) is 5.82 Å². The second-order valence-corrected chi connectivity index (χ2v) is 11.9. The minimum atomic E-state index is -0.764. The van der Waals surface area contributed by atoms with Gasteiger partial charge in [0, 0.05) is 67.6 Å². The molecule has 1 saturated heterocycles. The van der Waals surface area contributed by atoms with Gasteiger partial charge in [0.1, 0.15) is 11.4 Å². The van der Waals surface area contributed by atoms with E-state index in [1.54, 1.807) is 30.3 Å². The Morgan fingerprint density at radius 1 is 1.09 bits per heavy atom. The van der Waals surface area contributed by atoms with Gasteiger partial charge in [-0.05, 0) is 43.0 Å². The fourth-order valence-electron chi connectivity index (χ4n) is 6.15. The van der Waals surface area contributed by atoms with E-state index < -0.39 is 23.0 Å². The zero-order valence-electron chi connectivity index (χ0n) is 25.4. The van der Waals surface area contributed by atoms with Gasteiger partial charge in [-0.2, -0.15) is 0 Å². The third-order valence-electron chi connectivity index (χ3n) is 8.55. The van der Waals surface area contributed by atoms with Gasteiger partial charge in [0.15, 0.2) is 0 Å². The molecule has 238 valence electrons. The topological polar surface area (TPSA) is 136 Å². The van der Waals surface area contributed by atoms with Crippen molar-refractivity contribution >= 4 is 29.1 Å². The number of rotatable bonds is 8. The predicted octanol–water partition coefficient (Wildman–Crippen LogP) is 3.72. The van der Waals surface area contributed by atoms with E-state index in [1.165, 1.54) is 27.3 Å². The van der Waals surface area contributed by atoms with Crippen molar-refractivity contribution in [1.29, 1.82) is 0 Å². The van der Waals surface area contributed by atoms with Crippen molar-refractivity contribution in [3.8, 4) is 28.3 Å². The van der Waals surface area contributed by atoms with Crippen LogP contribution in [0.25, 0.3) is 22.4 Å². The number of amides is 2. The molecule has 4 aromatic rings. The molecule has 0 spiro atoms.